The maximum Gasteiger partial charge on any atom is 0.215 e. The van der Waals surface area contributed by atoms with Gasteiger partial charge in [0, 0.05) is 13.1 Å². The van der Waals surface area contributed by atoms with Gasteiger partial charge in [-0.3, -0.25) is 4.90 Å². The Morgan fingerprint density at radius 2 is 2.25 bits per heavy atom. The summed E-state index contributed by atoms with van der Waals surface area (Å²) in [4.78, 5) is 2.04. The highest BCUT2D eigenvalue weighted by Gasteiger charge is 2.29. The lowest BCUT2D eigenvalue weighted by molar-refractivity contribution is 0.0990. The molecule has 0 spiro atoms. The van der Waals surface area contributed by atoms with E-state index in [9.17, 15) is 13.5 Å². The van der Waals surface area contributed by atoms with Crippen LogP contribution in [0.3, 0.4) is 0 Å². The Balaban J connectivity index is 2.54. The van der Waals surface area contributed by atoms with Crippen LogP contribution in [-0.4, -0.2) is 56.5 Å². The quantitative estimate of drug-likeness (QED) is 0.707. The molecule has 1 rings (SSSR count). The predicted octanol–water partition coefficient (Wildman–Crippen LogP) is -0.229. The largest absolute Gasteiger partial charge is 0.392 e. The summed E-state index contributed by atoms with van der Waals surface area (Å²) >= 11 is 0. The number of β-amino-alcohol motifs (C(OH)–C–C–N with tert-alkyl or cyclic N) is 1. The summed E-state index contributed by atoms with van der Waals surface area (Å²) in [5.41, 5.74) is 0. The van der Waals surface area contributed by atoms with E-state index >= 15 is 0 Å². The highest BCUT2D eigenvalue weighted by Crippen LogP contribution is 2.16. The number of aliphatic hydroxyl groups excluding tert-OH is 1. The van der Waals surface area contributed by atoms with E-state index in [4.69, 9.17) is 0 Å². The number of piperidine rings is 1. The summed E-state index contributed by atoms with van der Waals surface area (Å²) in [5.74, 6) is 0. The minimum Gasteiger partial charge on any atom is -0.392 e. The molecule has 0 aromatic rings. The molecular formula is C10H22N2O3S. The van der Waals surface area contributed by atoms with Gasteiger partial charge in [-0.05, 0) is 32.9 Å². The number of nitrogens with one attached hydrogen (secondary N) is 1. The van der Waals surface area contributed by atoms with E-state index in [1.54, 1.807) is 0 Å². The monoisotopic (exact) mass is 250 g/mol. The molecule has 2 atom stereocenters. The number of nitrogens with zero attached hydrogens (tertiary/aromatic N) is 1. The van der Waals surface area contributed by atoms with E-state index in [0.29, 0.717) is 25.9 Å². The molecule has 0 aliphatic carbocycles. The van der Waals surface area contributed by atoms with Crippen LogP contribution in [0.2, 0.25) is 0 Å². The fourth-order valence-electron chi connectivity index (χ4n) is 2.03. The van der Waals surface area contributed by atoms with Crippen LogP contribution in [0.1, 0.15) is 26.2 Å². The van der Waals surface area contributed by atoms with E-state index in [0.717, 1.165) is 13.0 Å². The Morgan fingerprint density at radius 1 is 1.56 bits per heavy atom. The van der Waals surface area contributed by atoms with Crippen molar-refractivity contribution in [3.8, 4) is 0 Å². The number of likely N-dealkylation sites (tertiary alicyclic amines) is 1. The Bertz CT molecular complexity index is 305. The maximum atomic E-state index is 11.7. The minimum atomic E-state index is -3.17. The summed E-state index contributed by atoms with van der Waals surface area (Å²) in [7, 11) is -1.72. The topological polar surface area (TPSA) is 69.6 Å². The zero-order chi connectivity index (χ0) is 12.2. The molecule has 1 saturated heterocycles. The van der Waals surface area contributed by atoms with E-state index < -0.39 is 10.0 Å². The average molecular weight is 250 g/mol. The van der Waals surface area contributed by atoms with Crippen LogP contribution >= 0.6 is 0 Å². The lowest BCUT2D eigenvalue weighted by Gasteiger charge is -2.33. The maximum absolute atomic E-state index is 11.7. The van der Waals surface area contributed by atoms with Crippen molar-refractivity contribution < 1.29 is 13.5 Å². The third kappa shape index (κ3) is 3.69. The first-order valence-electron chi connectivity index (χ1n) is 5.82. The highest BCUT2D eigenvalue weighted by atomic mass is 32.2. The molecule has 0 saturated carbocycles. The third-order valence-corrected chi connectivity index (χ3v) is 4.96. The van der Waals surface area contributed by atoms with Gasteiger partial charge in [0.05, 0.1) is 11.4 Å². The summed E-state index contributed by atoms with van der Waals surface area (Å²) in [6, 6.07) is 0. The van der Waals surface area contributed by atoms with E-state index in [-0.39, 0.29) is 11.4 Å². The van der Waals surface area contributed by atoms with Crippen LogP contribution in [0.5, 0.6) is 0 Å². The molecule has 0 amide bonds. The highest BCUT2D eigenvalue weighted by molar-refractivity contribution is 7.90. The molecular weight excluding hydrogens is 228 g/mol. The lowest BCUT2D eigenvalue weighted by atomic mass is 10.1. The number of rotatable bonds is 5. The molecule has 0 bridgehead atoms. The van der Waals surface area contributed by atoms with Gasteiger partial charge < -0.3 is 5.11 Å². The van der Waals surface area contributed by atoms with Gasteiger partial charge in [0.25, 0.3) is 0 Å². The van der Waals surface area contributed by atoms with Crippen LogP contribution in [-0.2, 0) is 10.0 Å². The summed E-state index contributed by atoms with van der Waals surface area (Å²) < 4.78 is 25.7. The van der Waals surface area contributed by atoms with Crippen LogP contribution in [0.4, 0.5) is 0 Å². The summed E-state index contributed by atoms with van der Waals surface area (Å²) in [5, 5.41) is 9.21. The molecule has 0 aromatic carbocycles. The number of hydrogen-bond acceptors (Lipinski definition) is 4. The smallest absolute Gasteiger partial charge is 0.215 e. The molecule has 16 heavy (non-hydrogen) atoms. The Hall–Kier alpha value is -0.170. The zero-order valence-electron chi connectivity index (χ0n) is 10.0. The van der Waals surface area contributed by atoms with Crippen LogP contribution in [0.15, 0.2) is 0 Å². The standard InChI is InChI=1S/C10H22N2O3S/c1-3-9(13)7-12-6-4-5-10(8-12)16(14,15)11-2/h9-11,13H,3-8H2,1-2H3/t9-,10-/m1/s1. The predicted molar refractivity (Wildman–Crippen MR) is 63.7 cm³/mol. The van der Waals surface area contributed by atoms with Crippen molar-refractivity contribution in [2.45, 2.75) is 37.5 Å². The molecule has 6 heteroatoms. The van der Waals surface area contributed by atoms with E-state index in [1.807, 2.05) is 11.8 Å². The van der Waals surface area contributed by atoms with Gasteiger partial charge in [-0.2, -0.15) is 0 Å². The van der Waals surface area contributed by atoms with Gasteiger partial charge in [0.15, 0.2) is 0 Å². The number of aliphatic hydroxyl groups is 1. The molecule has 0 radical (unpaired) electrons. The zero-order valence-corrected chi connectivity index (χ0v) is 10.8. The van der Waals surface area contributed by atoms with Crippen molar-refractivity contribution in [1.29, 1.82) is 0 Å². The van der Waals surface area contributed by atoms with Crippen LogP contribution in [0.25, 0.3) is 0 Å². The van der Waals surface area contributed by atoms with Crippen molar-refractivity contribution in [3.05, 3.63) is 0 Å². The van der Waals surface area contributed by atoms with Crippen molar-refractivity contribution in [2.75, 3.05) is 26.7 Å². The van der Waals surface area contributed by atoms with Gasteiger partial charge in [-0.25, -0.2) is 13.1 Å². The number of hydrogen-bond donors (Lipinski definition) is 2. The Morgan fingerprint density at radius 3 is 2.81 bits per heavy atom. The molecule has 1 aliphatic rings. The molecule has 1 heterocycles. The number of sulfonamides is 1. The lowest BCUT2D eigenvalue weighted by Crippen LogP contribution is -2.47. The van der Waals surface area contributed by atoms with Crippen molar-refractivity contribution in [2.24, 2.45) is 0 Å². The molecule has 2 N–H and O–H groups in total. The van der Waals surface area contributed by atoms with Gasteiger partial charge >= 0.3 is 0 Å². The fraction of sp³-hybridized carbons (Fsp3) is 1.00. The summed E-state index contributed by atoms with van der Waals surface area (Å²) in [6.07, 6.45) is 1.94. The summed E-state index contributed by atoms with van der Waals surface area (Å²) in [6.45, 7) is 3.91. The van der Waals surface area contributed by atoms with Crippen molar-refractivity contribution >= 4 is 10.0 Å². The molecule has 0 unspecified atom stereocenters. The molecule has 1 aliphatic heterocycles. The SMILES string of the molecule is CC[C@@H](O)CN1CCC[C@@H](S(=O)(=O)NC)C1. The van der Waals surface area contributed by atoms with Gasteiger partial charge in [0.2, 0.25) is 10.0 Å². The van der Waals surface area contributed by atoms with E-state index in [1.165, 1.54) is 7.05 Å². The Kier molecular flexibility index (Phi) is 5.17. The van der Waals surface area contributed by atoms with Crippen LogP contribution in [0, 0.1) is 0 Å². The molecule has 1 fully saturated rings. The van der Waals surface area contributed by atoms with Crippen LogP contribution < -0.4 is 4.72 Å². The molecule has 0 aromatic heterocycles. The first-order chi connectivity index (χ1) is 7.49. The molecule has 96 valence electrons. The Labute approximate surface area is 97.9 Å². The fourth-order valence-corrected chi connectivity index (χ4v) is 3.24. The minimum absolute atomic E-state index is 0.338. The van der Waals surface area contributed by atoms with Gasteiger partial charge in [-0.15, -0.1) is 0 Å². The van der Waals surface area contributed by atoms with E-state index in [2.05, 4.69) is 4.72 Å². The first kappa shape index (κ1) is 13.9. The second-order valence-corrected chi connectivity index (χ2v) is 6.50. The first-order valence-corrected chi connectivity index (χ1v) is 7.37. The normalized spacial score (nSPS) is 25.6. The van der Waals surface area contributed by atoms with Gasteiger partial charge in [-0.1, -0.05) is 6.92 Å². The third-order valence-electron chi connectivity index (χ3n) is 3.13. The average Bonchev–Trinajstić information content (AvgIpc) is 2.29. The second kappa shape index (κ2) is 5.95. The van der Waals surface area contributed by atoms with Crippen molar-refractivity contribution in [1.82, 2.24) is 9.62 Å². The second-order valence-electron chi connectivity index (χ2n) is 4.34. The molecule has 5 nitrogen and oxygen atoms in total. The van der Waals surface area contributed by atoms with Gasteiger partial charge in [0.1, 0.15) is 0 Å². The van der Waals surface area contributed by atoms with Crippen molar-refractivity contribution in [3.63, 3.8) is 0 Å².